The lowest BCUT2D eigenvalue weighted by Gasteiger charge is -2.43. The number of rotatable bonds is 2. The van der Waals surface area contributed by atoms with Gasteiger partial charge in [0.15, 0.2) is 11.6 Å². The molecule has 0 heterocycles. The van der Waals surface area contributed by atoms with Crippen LogP contribution >= 0.6 is 0 Å². The Kier molecular flexibility index (Phi) is 2.98. The summed E-state index contributed by atoms with van der Waals surface area (Å²) in [5, 5.41) is 0. The van der Waals surface area contributed by atoms with E-state index in [9.17, 15) is 13.8 Å². The molecule has 1 aromatic rings. The van der Waals surface area contributed by atoms with Crippen LogP contribution in [0, 0.1) is 36.5 Å². The number of allylic oxidation sites excluding steroid dienone is 6. The highest BCUT2D eigenvalue weighted by Crippen LogP contribution is 2.62. The third kappa shape index (κ3) is 1.71. The lowest BCUT2D eigenvalue weighted by atomic mass is 9.66. The maximum Gasteiger partial charge on any atom is 0.180 e. The molecular formula is C23H20O3S. The van der Waals surface area contributed by atoms with Crippen molar-refractivity contribution in [2.24, 2.45) is 29.6 Å². The van der Waals surface area contributed by atoms with E-state index in [1.54, 1.807) is 0 Å². The second-order valence-corrected chi connectivity index (χ2v) is 10.3. The van der Waals surface area contributed by atoms with Gasteiger partial charge in [0.25, 0.3) is 0 Å². The van der Waals surface area contributed by atoms with Crippen LogP contribution in [-0.4, -0.2) is 20.5 Å². The molecule has 4 bridgehead atoms. The Hall–Kier alpha value is -2.07. The van der Waals surface area contributed by atoms with E-state index >= 15 is 0 Å². The third-order valence-corrected chi connectivity index (χ3v) is 9.42. The maximum absolute atomic E-state index is 13.9. The number of hydrogen-bond donors (Lipinski definition) is 0. The van der Waals surface area contributed by atoms with Crippen LogP contribution in [0.1, 0.15) is 18.4 Å². The smallest absolute Gasteiger partial charge is 0.180 e. The van der Waals surface area contributed by atoms with Crippen molar-refractivity contribution in [3.05, 3.63) is 65.3 Å². The summed E-state index contributed by atoms with van der Waals surface area (Å²) < 4.78 is 12.8. The number of carbonyl (C=O) groups excluding carboxylic acids is 2. The van der Waals surface area contributed by atoms with Crippen LogP contribution in [0.15, 0.2) is 64.6 Å². The number of fused-ring (bicyclic) bond motifs is 9. The first kappa shape index (κ1) is 15.9. The average molecular weight is 376 g/mol. The largest absolute Gasteiger partial charge is 0.294 e. The SMILES string of the molecule is Cc1ccc(S(=O)[C@]23C(=O)C4=C(C(=O)[C@H]2[C@H]2C=C[C@@H]3C2)[C@@H]2C=C[C@H]4C2)cc1. The fourth-order valence-corrected chi connectivity index (χ4v) is 8.26. The van der Waals surface area contributed by atoms with Crippen LogP contribution in [0.5, 0.6) is 0 Å². The number of carbonyl (C=O) groups is 2. The highest BCUT2D eigenvalue weighted by molar-refractivity contribution is 7.87. The van der Waals surface area contributed by atoms with Gasteiger partial charge in [-0.15, -0.1) is 0 Å². The van der Waals surface area contributed by atoms with Gasteiger partial charge in [-0.2, -0.15) is 0 Å². The Morgan fingerprint density at radius 3 is 2.37 bits per heavy atom. The Balaban J connectivity index is 1.57. The zero-order valence-electron chi connectivity index (χ0n) is 15.1. The first-order valence-electron chi connectivity index (χ1n) is 9.71. The van der Waals surface area contributed by atoms with Crippen molar-refractivity contribution >= 4 is 22.4 Å². The van der Waals surface area contributed by atoms with Crippen molar-refractivity contribution in [1.82, 2.24) is 0 Å². The third-order valence-electron chi connectivity index (χ3n) is 7.36. The van der Waals surface area contributed by atoms with Crippen molar-refractivity contribution in [2.45, 2.75) is 29.4 Å². The van der Waals surface area contributed by atoms with E-state index in [4.69, 9.17) is 0 Å². The molecular weight excluding hydrogens is 356 g/mol. The summed E-state index contributed by atoms with van der Waals surface area (Å²) in [5.74, 6) is -0.309. The van der Waals surface area contributed by atoms with Crippen molar-refractivity contribution in [3.8, 4) is 0 Å². The first-order valence-corrected chi connectivity index (χ1v) is 10.9. The Bertz CT molecular complexity index is 1030. The van der Waals surface area contributed by atoms with Gasteiger partial charge in [0.05, 0.1) is 16.7 Å². The van der Waals surface area contributed by atoms with Crippen LogP contribution < -0.4 is 0 Å². The molecule has 3 nitrogen and oxygen atoms in total. The lowest BCUT2D eigenvalue weighted by molar-refractivity contribution is -0.129. The summed E-state index contributed by atoms with van der Waals surface area (Å²) in [6.45, 7) is 1.99. The molecule has 0 spiro atoms. The van der Waals surface area contributed by atoms with E-state index < -0.39 is 21.5 Å². The van der Waals surface area contributed by atoms with Crippen LogP contribution in [-0.2, 0) is 20.4 Å². The number of benzene rings is 1. The van der Waals surface area contributed by atoms with Gasteiger partial charge in [0.1, 0.15) is 4.75 Å². The molecule has 1 saturated carbocycles. The molecule has 0 aromatic heterocycles. The molecule has 1 unspecified atom stereocenters. The van der Waals surface area contributed by atoms with Gasteiger partial charge in [-0.1, -0.05) is 42.0 Å². The van der Waals surface area contributed by atoms with Crippen LogP contribution in [0.3, 0.4) is 0 Å². The quantitative estimate of drug-likeness (QED) is 0.744. The number of ketones is 2. The summed E-state index contributed by atoms with van der Waals surface area (Å²) in [7, 11) is -1.55. The summed E-state index contributed by atoms with van der Waals surface area (Å²) in [5.41, 5.74) is 2.52. The molecule has 27 heavy (non-hydrogen) atoms. The van der Waals surface area contributed by atoms with E-state index in [1.807, 2.05) is 37.3 Å². The van der Waals surface area contributed by atoms with Gasteiger partial charge in [0, 0.05) is 33.8 Å². The molecule has 5 aliphatic rings. The fraction of sp³-hybridized carbons (Fsp3) is 0.391. The number of aryl methyl sites for hydroxylation is 1. The zero-order valence-corrected chi connectivity index (χ0v) is 15.9. The minimum Gasteiger partial charge on any atom is -0.294 e. The predicted octanol–water partition coefficient (Wildman–Crippen LogP) is 3.32. The van der Waals surface area contributed by atoms with Crippen LogP contribution in [0.25, 0.3) is 0 Å². The standard InChI is InChI=1S/C23H20O3S/c1-12-2-8-17(9-3-12)27(26)23-16-7-6-15(11-16)20(23)21(24)18-13-4-5-14(10-13)19(18)22(23)25/h2-9,13-16,20H,10-11H2,1H3/t13-,14+,15+,16-,20-,23+,27?/m1/s1. The maximum atomic E-state index is 13.9. The van der Waals surface area contributed by atoms with Crippen molar-refractivity contribution in [2.75, 3.05) is 0 Å². The molecule has 6 rings (SSSR count). The fourth-order valence-electron chi connectivity index (χ4n) is 6.24. The topological polar surface area (TPSA) is 51.2 Å². The minimum absolute atomic E-state index is 0.00490. The zero-order chi connectivity index (χ0) is 18.5. The normalized spacial score (nSPS) is 41.4. The summed E-state index contributed by atoms with van der Waals surface area (Å²) in [6, 6.07) is 7.58. The molecule has 0 saturated heterocycles. The molecule has 1 fully saturated rings. The predicted molar refractivity (Wildman–Crippen MR) is 102 cm³/mol. The van der Waals surface area contributed by atoms with E-state index in [-0.39, 0.29) is 35.2 Å². The van der Waals surface area contributed by atoms with Gasteiger partial charge < -0.3 is 0 Å². The van der Waals surface area contributed by atoms with Gasteiger partial charge in [0.2, 0.25) is 0 Å². The van der Waals surface area contributed by atoms with Gasteiger partial charge in [-0.3, -0.25) is 13.8 Å². The molecule has 0 aliphatic heterocycles. The molecule has 0 N–H and O–H groups in total. The van der Waals surface area contributed by atoms with E-state index in [0.29, 0.717) is 10.5 Å². The highest BCUT2D eigenvalue weighted by Gasteiger charge is 2.70. The molecule has 0 amide bonds. The molecule has 7 atom stereocenters. The summed E-state index contributed by atoms with van der Waals surface area (Å²) >= 11 is 0. The Morgan fingerprint density at radius 2 is 1.63 bits per heavy atom. The summed E-state index contributed by atoms with van der Waals surface area (Å²) in [4.78, 5) is 28.2. The monoisotopic (exact) mass is 376 g/mol. The van der Waals surface area contributed by atoms with Crippen LogP contribution in [0.2, 0.25) is 0 Å². The number of hydrogen-bond acceptors (Lipinski definition) is 3. The lowest BCUT2D eigenvalue weighted by Crippen LogP contribution is -2.59. The first-order chi connectivity index (χ1) is 13.0. The number of Topliss-reactive ketones (excluding diaryl/α,β-unsaturated/α-hetero) is 2. The molecule has 5 aliphatic carbocycles. The van der Waals surface area contributed by atoms with Gasteiger partial charge in [-0.25, -0.2) is 0 Å². The minimum atomic E-state index is -1.55. The molecule has 0 radical (unpaired) electrons. The van der Waals surface area contributed by atoms with Gasteiger partial charge >= 0.3 is 0 Å². The van der Waals surface area contributed by atoms with E-state index in [0.717, 1.165) is 24.0 Å². The molecule has 136 valence electrons. The van der Waals surface area contributed by atoms with E-state index in [2.05, 4.69) is 18.2 Å². The molecule has 4 heteroatoms. The Labute approximate surface area is 160 Å². The van der Waals surface area contributed by atoms with Crippen LogP contribution in [0.4, 0.5) is 0 Å². The van der Waals surface area contributed by atoms with E-state index in [1.165, 1.54) is 0 Å². The second-order valence-electron chi connectivity index (χ2n) is 8.60. The average Bonchev–Trinajstić information content (AvgIpc) is 3.45. The molecule has 1 aromatic carbocycles. The Morgan fingerprint density at radius 1 is 0.926 bits per heavy atom. The van der Waals surface area contributed by atoms with Gasteiger partial charge in [-0.05, 0) is 37.8 Å². The second kappa shape index (κ2) is 5.05. The highest BCUT2D eigenvalue weighted by atomic mass is 32.2. The van der Waals surface area contributed by atoms with Crippen molar-refractivity contribution in [3.63, 3.8) is 0 Å². The van der Waals surface area contributed by atoms with Crippen molar-refractivity contribution < 1.29 is 13.8 Å². The summed E-state index contributed by atoms with van der Waals surface area (Å²) in [6.07, 6.45) is 9.89. The van der Waals surface area contributed by atoms with Crippen molar-refractivity contribution in [1.29, 1.82) is 0 Å².